The summed E-state index contributed by atoms with van der Waals surface area (Å²) in [6, 6.07) is 15.0. The molecular formula is C24H19FN2O3. The van der Waals surface area contributed by atoms with Gasteiger partial charge in [0.15, 0.2) is 0 Å². The maximum Gasteiger partial charge on any atom is 0.271 e. The fourth-order valence-corrected chi connectivity index (χ4v) is 3.00. The average molecular weight is 402 g/mol. The SMILES string of the molecule is C=CCN1C(=O)C(C#N)=C(C)/C(=C\c2ccc(OCc3ccc(F)cc3)cc2)C1=O. The van der Waals surface area contributed by atoms with Crippen LogP contribution in [0.15, 0.2) is 77.9 Å². The van der Waals surface area contributed by atoms with Crippen molar-refractivity contribution in [3.8, 4) is 11.8 Å². The standard InChI is InChI=1S/C24H19FN2O3/c1-3-12-27-23(28)21(16(2)22(14-26)24(27)29)13-17-6-10-20(11-7-17)30-15-18-4-8-19(25)9-5-18/h3-11,13H,1,12,15H2,2H3/b21-13+. The van der Waals surface area contributed by atoms with Crippen molar-refractivity contribution < 1.29 is 18.7 Å². The molecule has 0 fully saturated rings. The Morgan fingerprint density at radius 3 is 2.37 bits per heavy atom. The molecule has 1 heterocycles. The first-order valence-corrected chi connectivity index (χ1v) is 9.22. The van der Waals surface area contributed by atoms with E-state index in [2.05, 4.69) is 6.58 Å². The molecule has 0 unspecified atom stereocenters. The summed E-state index contributed by atoms with van der Waals surface area (Å²) >= 11 is 0. The van der Waals surface area contributed by atoms with E-state index < -0.39 is 11.8 Å². The highest BCUT2D eigenvalue weighted by Crippen LogP contribution is 2.27. The van der Waals surface area contributed by atoms with Gasteiger partial charge in [-0.05, 0) is 54.0 Å². The molecule has 0 bridgehead atoms. The summed E-state index contributed by atoms with van der Waals surface area (Å²) in [5, 5.41) is 9.34. The largest absolute Gasteiger partial charge is 0.489 e. The molecule has 150 valence electrons. The zero-order valence-corrected chi connectivity index (χ0v) is 16.4. The minimum Gasteiger partial charge on any atom is -0.489 e. The van der Waals surface area contributed by atoms with Crippen LogP contribution in [0.4, 0.5) is 4.39 Å². The maximum absolute atomic E-state index is 13.0. The number of imide groups is 1. The molecule has 0 N–H and O–H groups in total. The van der Waals surface area contributed by atoms with Crippen LogP contribution in [0.25, 0.3) is 6.08 Å². The zero-order valence-electron chi connectivity index (χ0n) is 16.4. The van der Waals surface area contributed by atoms with Gasteiger partial charge in [0, 0.05) is 12.1 Å². The van der Waals surface area contributed by atoms with Gasteiger partial charge in [-0.2, -0.15) is 5.26 Å². The molecule has 2 aromatic carbocycles. The molecule has 2 aromatic rings. The van der Waals surface area contributed by atoms with E-state index in [-0.39, 0.29) is 23.5 Å². The van der Waals surface area contributed by atoms with Crippen molar-refractivity contribution in [2.45, 2.75) is 13.5 Å². The van der Waals surface area contributed by atoms with Gasteiger partial charge < -0.3 is 4.74 Å². The highest BCUT2D eigenvalue weighted by molar-refractivity contribution is 6.19. The number of hydrogen-bond donors (Lipinski definition) is 0. The summed E-state index contributed by atoms with van der Waals surface area (Å²) in [5.74, 6) is -0.759. The molecule has 0 saturated carbocycles. The molecule has 30 heavy (non-hydrogen) atoms. The molecule has 6 heteroatoms. The van der Waals surface area contributed by atoms with Crippen LogP contribution in [-0.4, -0.2) is 23.3 Å². The number of carbonyl (C=O) groups is 2. The predicted molar refractivity (Wildman–Crippen MR) is 110 cm³/mol. The third-order valence-corrected chi connectivity index (χ3v) is 4.65. The van der Waals surface area contributed by atoms with Crippen LogP contribution in [0.3, 0.4) is 0 Å². The lowest BCUT2D eigenvalue weighted by Gasteiger charge is -2.26. The smallest absolute Gasteiger partial charge is 0.271 e. The van der Waals surface area contributed by atoms with Gasteiger partial charge in [0.1, 0.15) is 29.8 Å². The fraction of sp³-hybridized carbons (Fsp3) is 0.125. The normalized spacial score (nSPS) is 15.4. The molecule has 0 radical (unpaired) electrons. The second kappa shape index (κ2) is 9.01. The molecule has 0 aromatic heterocycles. The highest BCUT2D eigenvalue weighted by Gasteiger charge is 2.34. The second-order valence-electron chi connectivity index (χ2n) is 6.66. The number of carbonyl (C=O) groups excluding carboxylic acids is 2. The topological polar surface area (TPSA) is 70.4 Å². The molecule has 0 aliphatic carbocycles. The van der Waals surface area contributed by atoms with E-state index in [9.17, 15) is 19.2 Å². The summed E-state index contributed by atoms with van der Waals surface area (Å²) in [6.45, 7) is 5.48. The van der Waals surface area contributed by atoms with Gasteiger partial charge >= 0.3 is 0 Å². The molecule has 1 aliphatic heterocycles. The molecule has 0 saturated heterocycles. The minimum absolute atomic E-state index is 0.0314. The fourth-order valence-electron chi connectivity index (χ4n) is 3.00. The monoisotopic (exact) mass is 402 g/mol. The number of halogens is 1. The Kier molecular flexibility index (Phi) is 6.23. The molecule has 1 aliphatic rings. The van der Waals surface area contributed by atoms with Gasteiger partial charge in [-0.25, -0.2) is 4.39 Å². The minimum atomic E-state index is -0.610. The van der Waals surface area contributed by atoms with Gasteiger partial charge in [0.05, 0.1) is 0 Å². The van der Waals surface area contributed by atoms with E-state index in [1.165, 1.54) is 18.2 Å². The average Bonchev–Trinajstić information content (AvgIpc) is 2.75. The van der Waals surface area contributed by atoms with Gasteiger partial charge in [0.25, 0.3) is 11.8 Å². The number of amides is 2. The van der Waals surface area contributed by atoms with Crippen molar-refractivity contribution in [3.63, 3.8) is 0 Å². The molecule has 5 nitrogen and oxygen atoms in total. The van der Waals surface area contributed by atoms with Crippen LogP contribution in [0, 0.1) is 17.1 Å². The van der Waals surface area contributed by atoms with Crippen LogP contribution >= 0.6 is 0 Å². The summed E-state index contributed by atoms with van der Waals surface area (Å²) in [6.07, 6.45) is 3.08. The third kappa shape index (κ3) is 4.36. The van der Waals surface area contributed by atoms with E-state index in [1.54, 1.807) is 49.4 Å². The van der Waals surface area contributed by atoms with Crippen molar-refractivity contribution in [1.82, 2.24) is 4.90 Å². The van der Waals surface area contributed by atoms with Crippen LogP contribution < -0.4 is 4.74 Å². The number of nitrogens with zero attached hydrogens (tertiary/aromatic N) is 2. The van der Waals surface area contributed by atoms with Crippen LogP contribution in [0.1, 0.15) is 18.1 Å². The van der Waals surface area contributed by atoms with Crippen molar-refractivity contribution in [1.29, 1.82) is 5.26 Å². The lowest BCUT2D eigenvalue weighted by molar-refractivity contribution is -0.139. The molecule has 2 amide bonds. The summed E-state index contributed by atoms with van der Waals surface area (Å²) < 4.78 is 18.6. The Balaban J connectivity index is 1.81. The molecule has 0 atom stereocenters. The zero-order chi connectivity index (χ0) is 21.7. The number of hydrogen-bond acceptors (Lipinski definition) is 4. The van der Waals surface area contributed by atoms with Crippen molar-refractivity contribution in [2.75, 3.05) is 6.54 Å². The van der Waals surface area contributed by atoms with E-state index in [1.807, 2.05) is 6.07 Å². The van der Waals surface area contributed by atoms with E-state index in [0.29, 0.717) is 17.9 Å². The summed E-state index contributed by atoms with van der Waals surface area (Å²) in [4.78, 5) is 26.1. The van der Waals surface area contributed by atoms with Gasteiger partial charge in [-0.15, -0.1) is 6.58 Å². The van der Waals surface area contributed by atoms with Crippen LogP contribution in [0.5, 0.6) is 5.75 Å². The Morgan fingerprint density at radius 1 is 1.10 bits per heavy atom. The Morgan fingerprint density at radius 2 is 1.77 bits per heavy atom. The summed E-state index contributed by atoms with van der Waals surface area (Å²) in [5.41, 5.74) is 2.14. The third-order valence-electron chi connectivity index (χ3n) is 4.65. The first-order valence-electron chi connectivity index (χ1n) is 9.22. The van der Waals surface area contributed by atoms with E-state index in [0.717, 1.165) is 16.0 Å². The molecule has 0 spiro atoms. The first kappa shape index (κ1) is 20.7. The maximum atomic E-state index is 13.0. The van der Waals surface area contributed by atoms with Gasteiger partial charge in [-0.3, -0.25) is 14.5 Å². The number of rotatable bonds is 6. The van der Waals surface area contributed by atoms with Crippen LogP contribution in [-0.2, 0) is 16.2 Å². The van der Waals surface area contributed by atoms with E-state index >= 15 is 0 Å². The second-order valence-corrected chi connectivity index (χ2v) is 6.66. The van der Waals surface area contributed by atoms with Crippen LogP contribution in [0.2, 0.25) is 0 Å². The number of ether oxygens (including phenoxy) is 1. The molecule has 3 rings (SSSR count). The van der Waals surface area contributed by atoms with Crippen molar-refractivity contribution in [2.24, 2.45) is 0 Å². The van der Waals surface area contributed by atoms with Crippen molar-refractivity contribution >= 4 is 17.9 Å². The van der Waals surface area contributed by atoms with Crippen molar-refractivity contribution in [3.05, 3.63) is 94.8 Å². The van der Waals surface area contributed by atoms with E-state index in [4.69, 9.17) is 4.74 Å². The number of benzene rings is 2. The summed E-state index contributed by atoms with van der Waals surface area (Å²) in [7, 11) is 0. The van der Waals surface area contributed by atoms with Gasteiger partial charge in [0.2, 0.25) is 0 Å². The Bertz CT molecular complexity index is 1090. The predicted octanol–water partition coefficient (Wildman–Crippen LogP) is 4.18. The highest BCUT2D eigenvalue weighted by atomic mass is 19.1. The molecular weight excluding hydrogens is 383 g/mol. The van der Waals surface area contributed by atoms with Gasteiger partial charge in [-0.1, -0.05) is 30.3 Å². The Labute approximate surface area is 174 Å². The Hall–Kier alpha value is -3.98. The number of nitriles is 1. The lowest BCUT2D eigenvalue weighted by atomic mass is 9.93. The lowest BCUT2D eigenvalue weighted by Crippen LogP contribution is -2.42. The quantitative estimate of drug-likeness (QED) is 0.413. The first-order chi connectivity index (χ1) is 14.4.